The zero-order valence-electron chi connectivity index (χ0n) is 21.4. The van der Waals surface area contributed by atoms with Crippen molar-refractivity contribution in [2.24, 2.45) is 23.7 Å². The number of fused-ring (bicyclic) bond motifs is 3. The molecule has 0 radical (unpaired) electrons. The second-order valence-electron chi connectivity index (χ2n) is 10.8. The number of carbonyl (C=O) groups is 3. The molecule has 4 unspecified atom stereocenters. The molecule has 1 aromatic rings. The van der Waals surface area contributed by atoms with E-state index in [1.165, 1.54) is 13.5 Å². The molecule has 2 amide bonds. The maximum absolute atomic E-state index is 13.4. The number of hydrogen-bond acceptors (Lipinski definition) is 5. The Morgan fingerprint density at radius 2 is 1.84 bits per heavy atom. The maximum atomic E-state index is 13.4. The van der Waals surface area contributed by atoms with E-state index in [2.05, 4.69) is 22.9 Å². The summed E-state index contributed by atoms with van der Waals surface area (Å²) in [6.45, 7) is 2.30. The number of ether oxygens (including phenoxy) is 1. The van der Waals surface area contributed by atoms with E-state index in [1.807, 2.05) is 16.2 Å². The molecule has 206 valence electrons. The molecule has 0 aromatic heterocycles. The first kappa shape index (κ1) is 27.9. The van der Waals surface area contributed by atoms with Crippen molar-refractivity contribution in [2.45, 2.75) is 57.2 Å². The standard InChI is InChI=1S/C28H33Cl2IN3O4/c1-14-9-19(14)20-11-17-7-8-18(20)25(32-17)27(36)34-23(28(37)38-2)10-15-3-5-16(6-4-15)33-26(35)24-21(29)12-31-13-22(24)30/h3-6,12,14,17-20,23,25,32H,7-11,13H2,1-2H3,(H,33,35)(H,34,36)/q-1/t14?,17?,18?,19-,20?,23-,25-/m0/s1. The molecule has 38 heavy (non-hydrogen) atoms. The number of anilines is 1. The van der Waals surface area contributed by atoms with Gasteiger partial charge < -0.3 is 10.1 Å². The zero-order chi connectivity index (χ0) is 27.0. The zero-order valence-corrected chi connectivity index (χ0v) is 25.1. The predicted molar refractivity (Wildman–Crippen MR) is 143 cm³/mol. The summed E-state index contributed by atoms with van der Waals surface area (Å²) < 4.78 is 7.60. The van der Waals surface area contributed by atoms with E-state index >= 15 is 0 Å². The third-order valence-electron chi connectivity index (χ3n) is 8.36. The molecule has 3 N–H and O–H groups in total. The second kappa shape index (κ2) is 11.9. The molecule has 10 heteroatoms. The molecule has 6 rings (SSSR count). The van der Waals surface area contributed by atoms with E-state index < -0.39 is 12.0 Å². The van der Waals surface area contributed by atoms with Gasteiger partial charge in [-0.3, -0.25) is 4.79 Å². The van der Waals surface area contributed by atoms with Crippen LogP contribution in [-0.2, 0) is 25.5 Å². The first-order valence-electron chi connectivity index (χ1n) is 13.1. The Hall–Kier alpha value is -1.62. The molecule has 7 nitrogen and oxygen atoms in total. The molecule has 4 fully saturated rings. The minimum atomic E-state index is -0.799. The summed E-state index contributed by atoms with van der Waals surface area (Å²) in [6, 6.07) is 6.47. The van der Waals surface area contributed by atoms with Crippen molar-refractivity contribution in [1.29, 1.82) is 0 Å². The summed E-state index contributed by atoms with van der Waals surface area (Å²) >= 11 is 12.2. The third-order valence-corrected chi connectivity index (χ3v) is 12.1. The van der Waals surface area contributed by atoms with Crippen LogP contribution in [0.1, 0.15) is 38.2 Å². The van der Waals surface area contributed by atoms with Crippen LogP contribution in [0, 0.1) is 23.7 Å². The van der Waals surface area contributed by atoms with Crippen LogP contribution in [-0.4, -0.2) is 47.4 Å². The molecule has 2 saturated heterocycles. The number of nitrogens with one attached hydrogen (secondary N) is 3. The molecular formula is C28H33Cl2IN3O4-. The fourth-order valence-electron chi connectivity index (χ4n) is 6.29. The van der Waals surface area contributed by atoms with E-state index in [1.54, 1.807) is 12.1 Å². The summed E-state index contributed by atoms with van der Waals surface area (Å²) in [4.78, 5) is 38.7. The van der Waals surface area contributed by atoms with Gasteiger partial charge in [0.05, 0.1) is 13.2 Å². The van der Waals surface area contributed by atoms with Crippen LogP contribution in [0.15, 0.2) is 44.0 Å². The van der Waals surface area contributed by atoms with Crippen molar-refractivity contribution in [3.8, 4) is 0 Å². The van der Waals surface area contributed by atoms with Crippen LogP contribution in [0.2, 0.25) is 0 Å². The smallest absolute Gasteiger partial charge is 0.303 e. The van der Waals surface area contributed by atoms with Gasteiger partial charge in [-0.15, -0.1) is 0 Å². The van der Waals surface area contributed by atoms with Gasteiger partial charge in [0.25, 0.3) is 0 Å². The molecule has 7 atom stereocenters. The van der Waals surface area contributed by atoms with Gasteiger partial charge in [0.15, 0.2) is 0 Å². The summed E-state index contributed by atoms with van der Waals surface area (Å²) in [5.74, 6) is 1.44. The number of esters is 1. The second-order valence-corrected chi connectivity index (χ2v) is 14.0. The van der Waals surface area contributed by atoms with E-state index in [-0.39, 0.29) is 45.5 Å². The van der Waals surface area contributed by atoms with Crippen LogP contribution in [0.4, 0.5) is 5.69 Å². The van der Waals surface area contributed by atoms with Crippen LogP contribution in [0.25, 0.3) is 0 Å². The number of allylic oxidation sites excluding steroid dienone is 1. The Kier molecular flexibility index (Phi) is 8.72. The molecular weight excluding hydrogens is 640 g/mol. The van der Waals surface area contributed by atoms with Gasteiger partial charge in [0.1, 0.15) is 0 Å². The number of halogens is 3. The number of carbonyl (C=O) groups excluding carboxylic acids is 3. The first-order valence-corrected chi connectivity index (χ1v) is 16.6. The number of amides is 2. The van der Waals surface area contributed by atoms with Gasteiger partial charge in [0.2, 0.25) is 5.91 Å². The van der Waals surface area contributed by atoms with Gasteiger partial charge in [0, 0.05) is 6.04 Å². The van der Waals surface area contributed by atoms with Gasteiger partial charge in [-0.05, 0) is 49.4 Å². The van der Waals surface area contributed by atoms with E-state index in [0.29, 0.717) is 43.6 Å². The molecule has 3 aliphatic heterocycles. The third kappa shape index (κ3) is 6.08. The fourth-order valence-corrected chi connectivity index (χ4v) is 9.19. The number of piperidine rings is 2. The van der Waals surface area contributed by atoms with Crippen molar-refractivity contribution in [3.05, 3.63) is 49.5 Å². The number of methoxy groups -OCH3 is 1. The van der Waals surface area contributed by atoms with Crippen molar-refractivity contribution < 1.29 is 40.3 Å². The minimum Gasteiger partial charge on any atom is -0.303 e. The fraction of sp³-hybridized carbons (Fsp3) is 0.536. The molecule has 0 spiro atoms. The van der Waals surface area contributed by atoms with E-state index in [0.717, 1.165) is 36.7 Å². The van der Waals surface area contributed by atoms with Gasteiger partial charge in [-0.1, -0.05) is 6.92 Å². The Bertz CT molecular complexity index is 1170. The first-order chi connectivity index (χ1) is 18.2. The van der Waals surface area contributed by atoms with Crippen molar-refractivity contribution in [1.82, 2.24) is 10.6 Å². The number of benzene rings is 1. The van der Waals surface area contributed by atoms with Crippen LogP contribution < -0.4 is 37.2 Å². The molecule has 2 saturated carbocycles. The van der Waals surface area contributed by atoms with E-state index in [4.69, 9.17) is 27.9 Å². The quantitative estimate of drug-likeness (QED) is 0.217. The van der Waals surface area contributed by atoms with Gasteiger partial charge >= 0.3 is 144 Å². The van der Waals surface area contributed by atoms with Crippen LogP contribution >= 0.6 is 23.2 Å². The van der Waals surface area contributed by atoms with Gasteiger partial charge in [-0.25, -0.2) is 4.79 Å². The topological polar surface area (TPSA) is 96.5 Å². The Labute approximate surface area is 243 Å². The predicted octanol–water partition coefficient (Wildman–Crippen LogP) is 0.914. The van der Waals surface area contributed by atoms with Crippen molar-refractivity contribution in [3.63, 3.8) is 0 Å². The molecule has 5 aliphatic rings. The summed E-state index contributed by atoms with van der Waals surface area (Å²) in [7, 11) is 1.33. The van der Waals surface area contributed by atoms with E-state index in [9.17, 15) is 14.4 Å². The minimum absolute atomic E-state index is 0.123. The SMILES string of the molecule is COC(=O)[C@H](Cc1ccc(NC(=O)C2=C(Cl)C[I-]C=C2Cl)cc1)NC(=O)[C@H]1NC2CCC1C([C@H]1CC1C)C2. The molecule has 2 bridgehead atoms. The van der Waals surface area contributed by atoms with Crippen LogP contribution in [0.5, 0.6) is 0 Å². The average Bonchev–Trinajstić information content (AvgIpc) is 3.65. The van der Waals surface area contributed by atoms with Crippen molar-refractivity contribution in [2.75, 3.05) is 16.9 Å². The Morgan fingerprint density at radius 3 is 2.47 bits per heavy atom. The number of hydrogen-bond donors (Lipinski definition) is 3. The molecule has 1 aromatic carbocycles. The average molecular weight is 673 g/mol. The molecule has 2 aliphatic carbocycles. The molecule has 3 heterocycles. The van der Waals surface area contributed by atoms with Gasteiger partial charge in [-0.2, -0.15) is 0 Å². The Morgan fingerprint density at radius 1 is 1.11 bits per heavy atom. The van der Waals surface area contributed by atoms with Crippen LogP contribution in [0.3, 0.4) is 0 Å². The number of rotatable bonds is 8. The van der Waals surface area contributed by atoms with Crippen molar-refractivity contribution >= 4 is 46.7 Å². The number of alkyl halides is 1. The summed E-state index contributed by atoms with van der Waals surface area (Å²) in [5.41, 5.74) is 1.74. The normalized spacial score (nSPS) is 31.0. The monoisotopic (exact) mass is 672 g/mol. The summed E-state index contributed by atoms with van der Waals surface area (Å²) in [5, 5.41) is 10.2. The summed E-state index contributed by atoms with van der Waals surface area (Å²) in [6.07, 6.45) is 4.87. The Balaban J connectivity index is 1.22.